The van der Waals surface area contributed by atoms with E-state index in [0.717, 1.165) is 0 Å². The first-order chi connectivity index (χ1) is 20.7. The van der Waals surface area contributed by atoms with E-state index in [9.17, 15) is 46.0 Å². The summed E-state index contributed by atoms with van der Waals surface area (Å²) in [6, 6.07) is -1.18. The Morgan fingerprint density at radius 1 is 0.568 bits per heavy atom. The molecule has 3 heterocycles. The highest BCUT2D eigenvalue weighted by Crippen LogP contribution is 2.25. The molecule has 3 saturated heterocycles. The van der Waals surface area contributed by atoms with Crippen molar-refractivity contribution in [2.45, 2.75) is 92.7 Å². The molecule has 0 aliphatic carbocycles. The van der Waals surface area contributed by atoms with E-state index in [1.807, 2.05) is 0 Å². The Balaban J connectivity index is 1.66. The van der Waals surface area contributed by atoms with E-state index in [1.165, 1.54) is 0 Å². The number of rotatable bonds is 8. The van der Waals surface area contributed by atoms with Crippen LogP contribution in [0, 0.1) is 5.92 Å². The summed E-state index contributed by atoms with van der Waals surface area (Å²) in [5.74, 6) is -0.674. The third kappa shape index (κ3) is 8.68. The molecule has 21 heteroatoms. The van der Waals surface area contributed by atoms with Crippen LogP contribution in [0.4, 0.5) is 0 Å². The van der Waals surface area contributed by atoms with Crippen molar-refractivity contribution in [2.75, 3.05) is 26.8 Å². The third-order valence-corrected chi connectivity index (χ3v) is 8.54. The minimum Gasteiger partial charge on any atom is -0.394 e. The second-order valence-electron chi connectivity index (χ2n) is 10.7. The first-order valence-corrected chi connectivity index (χ1v) is 15.0. The summed E-state index contributed by atoms with van der Waals surface area (Å²) in [6.07, 6.45) is -16.8. The van der Waals surface area contributed by atoms with Crippen LogP contribution in [0.2, 0.25) is 0 Å². The van der Waals surface area contributed by atoms with Gasteiger partial charge < -0.3 is 92.1 Å². The van der Waals surface area contributed by atoms with Crippen LogP contribution >= 0.6 is 36.7 Å². The van der Waals surface area contributed by atoms with Crippen LogP contribution in [0.1, 0.15) is 6.92 Å². The summed E-state index contributed by atoms with van der Waals surface area (Å²) in [5, 5.41) is 108. The molecule has 9 unspecified atom stereocenters. The maximum atomic E-state index is 11.2. The Hall–Kier alpha value is -1.41. The van der Waals surface area contributed by atoms with Gasteiger partial charge in [0.05, 0.1) is 25.4 Å². The molecule has 0 radical (unpaired) electrons. The zero-order chi connectivity index (χ0) is 32.9. The summed E-state index contributed by atoms with van der Waals surface area (Å²) >= 11 is 15.7. The maximum Gasteiger partial charge on any atom is 0.168 e. The van der Waals surface area contributed by atoms with Gasteiger partial charge in [0.15, 0.2) is 34.0 Å². The lowest BCUT2D eigenvalue weighted by Gasteiger charge is -2.45. The van der Waals surface area contributed by atoms with Crippen molar-refractivity contribution in [1.29, 1.82) is 0 Å². The third-order valence-electron chi connectivity index (χ3n) is 7.72. The number of nitrogens with one attached hydrogen (secondary N) is 6. The molecule has 254 valence electrons. The molecule has 3 rings (SSSR count). The fourth-order valence-corrected chi connectivity index (χ4v) is 5.55. The van der Waals surface area contributed by atoms with E-state index < -0.39 is 105 Å². The minimum absolute atomic E-state index is 0.105. The molecule has 0 bridgehead atoms. The minimum atomic E-state index is -1.62. The van der Waals surface area contributed by atoms with Crippen molar-refractivity contribution in [3.63, 3.8) is 0 Å². The van der Waals surface area contributed by atoms with Crippen LogP contribution in [0.15, 0.2) is 0 Å². The van der Waals surface area contributed by atoms with Crippen LogP contribution in [0.5, 0.6) is 0 Å². The number of ether oxygens (including phenoxy) is 3. The average Bonchev–Trinajstić information content (AvgIpc) is 3.00. The molecule has 0 spiro atoms. The highest BCUT2D eigenvalue weighted by Gasteiger charge is 2.47. The molecule has 0 aromatic heterocycles. The Morgan fingerprint density at radius 3 is 1.66 bits per heavy atom. The normalized spacial score (nSPS) is 42.5. The summed E-state index contributed by atoms with van der Waals surface area (Å²) in [7, 11) is 1.55. The van der Waals surface area contributed by atoms with E-state index in [4.69, 9.17) is 50.9 Å². The predicted octanol–water partition coefficient (Wildman–Crippen LogP) is -7.30. The number of thiocarbonyl (C=S) groups is 3. The zero-order valence-corrected chi connectivity index (χ0v) is 26.2. The quantitative estimate of drug-likeness (QED) is 0.105. The molecule has 3 aliphatic heterocycles. The first kappa shape index (κ1) is 37.1. The SMILES string of the molecule is CNC(=S)N[C@@H]1OC(CNC(=S)N[C@@H]2OC(CO)[C@@H](O)C(O)C2O)[C@@H](O)C(NC(=S)N[C@@H]2OC(CO)[C@@H](O)C(C)C2O)C1O. The first-order valence-electron chi connectivity index (χ1n) is 13.8. The summed E-state index contributed by atoms with van der Waals surface area (Å²) in [5.41, 5.74) is 0. The van der Waals surface area contributed by atoms with Crippen molar-refractivity contribution < 1.29 is 60.2 Å². The fourth-order valence-electron chi connectivity index (χ4n) is 4.98. The van der Waals surface area contributed by atoms with Gasteiger partial charge >= 0.3 is 0 Å². The van der Waals surface area contributed by atoms with Crippen LogP contribution in [0.25, 0.3) is 0 Å². The van der Waals surface area contributed by atoms with E-state index in [1.54, 1.807) is 14.0 Å². The van der Waals surface area contributed by atoms with Crippen molar-refractivity contribution in [1.82, 2.24) is 31.9 Å². The van der Waals surface area contributed by atoms with Gasteiger partial charge in [0, 0.05) is 19.5 Å². The summed E-state index contributed by atoms with van der Waals surface area (Å²) < 4.78 is 16.8. The van der Waals surface area contributed by atoms with Gasteiger partial charge in [0.25, 0.3) is 0 Å². The molecule has 44 heavy (non-hydrogen) atoms. The molecule has 18 nitrogen and oxygen atoms in total. The Kier molecular flexibility index (Phi) is 13.8. The number of hydrogen-bond donors (Lipinski definition) is 15. The van der Waals surface area contributed by atoms with E-state index in [0.29, 0.717) is 0 Å². The maximum absolute atomic E-state index is 11.2. The van der Waals surface area contributed by atoms with Crippen LogP contribution < -0.4 is 31.9 Å². The van der Waals surface area contributed by atoms with Gasteiger partial charge in [-0.15, -0.1) is 0 Å². The smallest absolute Gasteiger partial charge is 0.168 e. The van der Waals surface area contributed by atoms with Gasteiger partial charge in [-0.1, -0.05) is 6.92 Å². The van der Waals surface area contributed by atoms with Crippen LogP contribution in [-0.2, 0) is 14.2 Å². The van der Waals surface area contributed by atoms with Gasteiger partial charge in [-0.05, 0) is 36.7 Å². The highest BCUT2D eigenvalue weighted by atomic mass is 32.1. The van der Waals surface area contributed by atoms with Crippen molar-refractivity contribution in [2.24, 2.45) is 5.92 Å². The molecule has 15 N–H and O–H groups in total. The molecule has 0 aromatic carbocycles. The lowest BCUT2D eigenvalue weighted by atomic mass is 9.90. The van der Waals surface area contributed by atoms with Crippen LogP contribution in [0.3, 0.4) is 0 Å². The average molecular weight is 691 g/mol. The molecular weight excluding hydrogens is 648 g/mol. The summed E-state index contributed by atoms with van der Waals surface area (Å²) in [6.45, 7) is 0.274. The number of aliphatic hydroxyl groups is 9. The topological polar surface area (TPSA) is 282 Å². The molecule has 15 atom stereocenters. The van der Waals surface area contributed by atoms with E-state index >= 15 is 0 Å². The molecule has 0 saturated carbocycles. The second-order valence-corrected chi connectivity index (χ2v) is 11.9. The Bertz CT molecular complexity index is 991. The lowest BCUT2D eigenvalue weighted by Crippen LogP contribution is -2.70. The Morgan fingerprint density at radius 2 is 1.07 bits per heavy atom. The lowest BCUT2D eigenvalue weighted by molar-refractivity contribution is -0.232. The Labute approximate surface area is 269 Å². The van der Waals surface area contributed by atoms with Gasteiger partial charge in [0.1, 0.15) is 54.9 Å². The standard InChI is InChI=1S/C23H42N6O12S3/c1-6-11(32)8(4-30)40-18(12(6)33)29-23(44)26-10-13(34)7(39-19(15(10)36)27-21(42)24-2)3-25-22(43)28-20-17(38)16(37)14(35)9(5-31)41-20/h6-20,30-38H,3-5H2,1-2H3,(H2,24,27,42)(H2,25,28,43)(H2,26,29,44)/t6?,7?,8?,9?,10?,11-,12?,13+,14+,15?,16?,17?,18+,19+,20+/m0/s1. The number of hydrogen-bond acceptors (Lipinski definition) is 15. The number of aliphatic hydroxyl groups excluding tert-OH is 9. The fraction of sp³-hybridized carbons (Fsp3) is 0.870. The molecule has 0 amide bonds. The van der Waals surface area contributed by atoms with Crippen molar-refractivity contribution >= 4 is 52.0 Å². The largest absolute Gasteiger partial charge is 0.394 e. The van der Waals surface area contributed by atoms with Gasteiger partial charge in [-0.3, -0.25) is 0 Å². The molecule has 3 aliphatic rings. The zero-order valence-electron chi connectivity index (χ0n) is 23.8. The van der Waals surface area contributed by atoms with E-state index in [2.05, 4.69) is 31.9 Å². The second kappa shape index (κ2) is 16.4. The van der Waals surface area contributed by atoms with Gasteiger partial charge in [-0.25, -0.2) is 0 Å². The van der Waals surface area contributed by atoms with Crippen molar-refractivity contribution in [3.8, 4) is 0 Å². The van der Waals surface area contributed by atoms with E-state index in [-0.39, 0.29) is 21.9 Å². The molecule has 0 aromatic rings. The molecule has 3 fully saturated rings. The van der Waals surface area contributed by atoms with Gasteiger partial charge in [0.2, 0.25) is 0 Å². The monoisotopic (exact) mass is 690 g/mol. The van der Waals surface area contributed by atoms with Crippen LogP contribution in [-0.4, -0.2) is 174 Å². The highest BCUT2D eigenvalue weighted by molar-refractivity contribution is 7.80. The van der Waals surface area contributed by atoms with Crippen molar-refractivity contribution in [3.05, 3.63) is 0 Å². The summed E-state index contributed by atoms with van der Waals surface area (Å²) in [4.78, 5) is 0. The predicted molar refractivity (Wildman–Crippen MR) is 163 cm³/mol. The molecular formula is C23H42N6O12S3. The van der Waals surface area contributed by atoms with Gasteiger partial charge in [-0.2, -0.15) is 0 Å².